The third kappa shape index (κ3) is 4.59. The van der Waals surface area contributed by atoms with E-state index in [1.807, 2.05) is 6.92 Å². The van der Waals surface area contributed by atoms with Gasteiger partial charge in [0.1, 0.15) is 0 Å². The molecule has 0 heterocycles. The minimum Gasteiger partial charge on any atom is -0.359 e. The lowest BCUT2D eigenvalue weighted by Crippen LogP contribution is -2.29. The highest BCUT2D eigenvalue weighted by atomic mass is 32.2. The second-order valence-corrected chi connectivity index (χ2v) is 6.18. The second-order valence-electron chi connectivity index (χ2n) is 4.41. The van der Waals surface area contributed by atoms with Gasteiger partial charge in [0.25, 0.3) is 0 Å². The highest BCUT2D eigenvalue weighted by Gasteiger charge is 2.15. The Morgan fingerprint density at radius 1 is 1.40 bits per heavy atom. The van der Waals surface area contributed by atoms with Gasteiger partial charge < -0.3 is 11.1 Å². The zero-order valence-electron chi connectivity index (χ0n) is 11.7. The summed E-state index contributed by atoms with van der Waals surface area (Å²) in [7, 11) is -2.11. The van der Waals surface area contributed by atoms with Crippen molar-refractivity contribution in [3.63, 3.8) is 0 Å². The van der Waals surface area contributed by atoms with Crippen molar-refractivity contribution < 1.29 is 13.2 Å². The van der Waals surface area contributed by atoms with Crippen LogP contribution in [0.3, 0.4) is 0 Å². The molecule has 0 aliphatic carbocycles. The fourth-order valence-corrected chi connectivity index (χ4v) is 2.74. The molecule has 0 radical (unpaired) electrons. The highest BCUT2D eigenvalue weighted by molar-refractivity contribution is 7.89. The van der Waals surface area contributed by atoms with Gasteiger partial charge >= 0.3 is 0 Å². The fraction of sp³-hybridized carbons (Fsp3) is 0.462. The topological polar surface area (TPSA) is 101 Å². The summed E-state index contributed by atoms with van der Waals surface area (Å²) in [6.45, 7) is 2.00. The minimum absolute atomic E-state index is 0.0616. The predicted octanol–water partition coefficient (Wildman–Crippen LogP) is 0.511. The number of nitrogens with one attached hydrogen (secondary N) is 2. The molecule has 1 atom stereocenters. The van der Waals surface area contributed by atoms with Gasteiger partial charge in [0, 0.05) is 26.1 Å². The van der Waals surface area contributed by atoms with Crippen LogP contribution in [-0.2, 0) is 14.8 Å². The molecule has 0 spiro atoms. The van der Waals surface area contributed by atoms with E-state index in [1.54, 1.807) is 18.2 Å². The van der Waals surface area contributed by atoms with Crippen LogP contribution in [0.4, 0.5) is 0 Å². The third-order valence-corrected chi connectivity index (χ3v) is 4.42. The monoisotopic (exact) mass is 299 g/mol. The highest BCUT2D eigenvalue weighted by Crippen LogP contribution is 2.18. The molecule has 1 aromatic rings. The molecule has 6 nitrogen and oxygen atoms in total. The van der Waals surface area contributed by atoms with Crippen molar-refractivity contribution in [2.75, 3.05) is 13.6 Å². The summed E-state index contributed by atoms with van der Waals surface area (Å²) in [6.07, 6.45) is 0.831. The van der Waals surface area contributed by atoms with E-state index in [2.05, 4.69) is 10.0 Å². The molecule has 0 saturated carbocycles. The van der Waals surface area contributed by atoms with Crippen LogP contribution < -0.4 is 15.8 Å². The second kappa shape index (κ2) is 7.37. The van der Waals surface area contributed by atoms with Crippen molar-refractivity contribution in [2.24, 2.45) is 5.73 Å². The lowest BCUT2D eigenvalue weighted by atomic mass is 10.1. The maximum atomic E-state index is 12.1. The van der Waals surface area contributed by atoms with Crippen LogP contribution in [0.15, 0.2) is 29.2 Å². The lowest BCUT2D eigenvalue weighted by Gasteiger charge is -2.11. The van der Waals surface area contributed by atoms with Gasteiger partial charge in [-0.15, -0.1) is 0 Å². The maximum Gasteiger partial charge on any atom is 0.240 e. The summed E-state index contributed by atoms with van der Waals surface area (Å²) in [5, 5.41) is 2.43. The first kappa shape index (κ1) is 16.6. The van der Waals surface area contributed by atoms with Crippen LogP contribution >= 0.6 is 0 Å². The van der Waals surface area contributed by atoms with Crippen LogP contribution in [0.2, 0.25) is 0 Å². The number of amides is 1. The van der Waals surface area contributed by atoms with Crippen molar-refractivity contribution in [3.05, 3.63) is 29.8 Å². The lowest BCUT2D eigenvalue weighted by molar-refractivity contribution is -0.120. The average molecular weight is 299 g/mol. The number of hydrogen-bond acceptors (Lipinski definition) is 4. The Morgan fingerprint density at radius 2 is 2.10 bits per heavy atom. The van der Waals surface area contributed by atoms with E-state index in [0.717, 1.165) is 12.0 Å². The van der Waals surface area contributed by atoms with Gasteiger partial charge in [0.2, 0.25) is 15.9 Å². The Labute approximate surface area is 119 Å². The summed E-state index contributed by atoms with van der Waals surface area (Å²) in [6, 6.07) is 6.36. The van der Waals surface area contributed by atoms with E-state index in [4.69, 9.17) is 5.73 Å². The summed E-state index contributed by atoms with van der Waals surface area (Å²) in [5.74, 6) is -0.213. The van der Waals surface area contributed by atoms with Crippen LogP contribution in [-0.4, -0.2) is 27.9 Å². The molecule has 1 amide bonds. The molecule has 1 rings (SSSR count). The Balaban J connectivity index is 2.79. The van der Waals surface area contributed by atoms with Gasteiger partial charge in [-0.1, -0.05) is 19.1 Å². The molecule has 0 bridgehead atoms. The molecule has 0 fully saturated rings. The number of carbonyl (C=O) groups is 1. The first-order chi connectivity index (χ1) is 9.40. The van der Waals surface area contributed by atoms with Gasteiger partial charge in [-0.05, 0) is 24.1 Å². The number of sulfonamides is 1. The quantitative estimate of drug-likeness (QED) is 0.683. The van der Waals surface area contributed by atoms with E-state index in [0.29, 0.717) is 0 Å². The van der Waals surface area contributed by atoms with E-state index in [-0.39, 0.29) is 29.8 Å². The number of nitrogens with two attached hydrogens (primary N) is 1. The smallest absolute Gasteiger partial charge is 0.240 e. The third-order valence-electron chi connectivity index (χ3n) is 2.96. The molecule has 112 valence electrons. The molecule has 7 heteroatoms. The molecule has 0 saturated heterocycles. The van der Waals surface area contributed by atoms with Crippen molar-refractivity contribution >= 4 is 15.9 Å². The molecule has 1 aromatic carbocycles. The minimum atomic E-state index is -3.61. The molecule has 4 N–H and O–H groups in total. The number of hydrogen-bond donors (Lipinski definition) is 3. The summed E-state index contributed by atoms with van der Waals surface area (Å²) < 4.78 is 26.6. The molecule has 20 heavy (non-hydrogen) atoms. The Hall–Kier alpha value is -1.44. The fourth-order valence-electron chi connectivity index (χ4n) is 1.66. The van der Waals surface area contributed by atoms with Crippen LogP contribution in [0.25, 0.3) is 0 Å². The Bertz CT molecular complexity index is 558. The van der Waals surface area contributed by atoms with Crippen molar-refractivity contribution in [1.82, 2.24) is 10.0 Å². The number of benzene rings is 1. The number of carbonyl (C=O) groups excluding carboxylic acids is 1. The summed E-state index contributed by atoms with van der Waals surface area (Å²) in [4.78, 5) is 11.2. The first-order valence-corrected chi connectivity index (χ1v) is 7.94. The van der Waals surface area contributed by atoms with Crippen molar-refractivity contribution in [2.45, 2.75) is 30.7 Å². The van der Waals surface area contributed by atoms with E-state index < -0.39 is 10.0 Å². The van der Waals surface area contributed by atoms with Crippen LogP contribution in [0.5, 0.6) is 0 Å². The summed E-state index contributed by atoms with van der Waals surface area (Å²) >= 11 is 0. The van der Waals surface area contributed by atoms with Gasteiger partial charge in [0.15, 0.2) is 0 Å². The largest absolute Gasteiger partial charge is 0.359 e. The zero-order valence-corrected chi connectivity index (χ0v) is 12.5. The maximum absolute atomic E-state index is 12.1. The van der Waals surface area contributed by atoms with Crippen LogP contribution in [0.1, 0.15) is 31.4 Å². The summed E-state index contributed by atoms with van der Waals surface area (Å²) in [5.41, 5.74) is 6.68. The Morgan fingerprint density at radius 3 is 2.70 bits per heavy atom. The number of rotatable bonds is 7. The van der Waals surface area contributed by atoms with Crippen LogP contribution in [0, 0.1) is 0 Å². The molecule has 1 unspecified atom stereocenters. The Kier molecular flexibility index (Phi) is 6.12. The zero-order chi connectivity index (χ0) is 15.2. The van der Waals surface area contributed by atoms with Gasteiger partial charge in [-0.2, -0.15) is 0 Å². The van der Waals surface area contributed by atoms with E-state index in [9.17, 15) is 13.2 Å². The standard InChI is InChI=1S/C13H21N3O3S/c1-3-12(14)10-5-4-6-11(9-10)20(18,19)16-8-7-13(17)15-2/h4-6,9,12,16H,3,7-8,14H2,1-2H3,(H,15,17). The van der Waals surface area contributed by atoms with Gasteiger partial charge in [0.05, 0.1) is 4.90 Å². The van der Waals surface area contributed by atoms with E-state index >= 15 is 0 Å². The van der Waals surface area contributed by atoms with Gasteiger partial charge in [-0.3, -0.25) is 4.79 Å². The molecule has 0 aliphatic heterocycles. The SMILES string of the molecule is CCC(N)c1cccc(S(=O)(=O)NCCC(=O)NC)c1. The van der Waals surface area contributed by atoms with Crippen molar-refractivity contribution in [3.8, 4) is 0 Å². The molecular weight excluding hydrogens is 278 g/mol. The first-order valence-electron chi connectivity index (χ1n) is 6.46. The van der Waals surface area contributed by atoms with Crippen molar-refractivity contribution in [1.29, 1.82) is 0 Å². The molecule has 0 aromatic heterocycles. The molecule has 0 aliphatic rings. The van der Waals surface area contributed by atoms with E-state index in [1.165, 1.54) is 13.1 Å². The average Bonchev–Trinajstić information content (AvgIpc) is 2.46. The molecular formula is C13H21N3O3S. The van der Waals surface area contributed by atoms with Gasteiger partial charge in [-0.25, -0.2) is 13.1 Å². The predicted molar refractivity (Wildman–Crippen MR) is 77.5 cm³/mol. The normalized spacial score (nSPS) is 12.9.